The first kappa shape index (κ1) is 12.7. The summed E-state index contributed by atoms with van der Waals surface area (Å²) in [7, 11) is 1.64. The molecule has 0 amide bonds. The van der Waals surface area contributed by atoms with E-state index in [1.165, 1.54) is 0 Å². The molecular weight excluding hydrogens is 256 g/mol. The summed E-state index contributed by atoms with van der Waals surface area (Å²) in [6.45, 7) is 1.16. The second-order valence-electron chi connectivity index (χ2n) is 4.77. The lowest BCUT2D eigenvalue weighted by atomic mass is 10.1. The van der Waals surface area contributed by atoms with Crippen molar-refractivity contribution >= 4 is 5.78 Å². The molecular formula is C15H16N2O3. The maximum Gasteiger partial charge on any atom is 0.243 e. The molecule has 0 fully saturated rings. The van der Waals surface area contributed by atoms with Crippen LogP contribution >= 0.6 is 0 Å². The number of ether oxygens (including phenoxy) is 2. The largest absolute Gasteiger partial charge is 0.497 e. The van der Waals surface area contributed by atoms with Crippen LogP contribution in [0.3, 0.4) is 0 Å². The Morgan fingerprint density at radius 2 is 2.15 bits per heavy atom. The van der Waals surface area contributed by atoms with Gasteiger partial charge in [0.2, 0.25) is 5.88 Å². The molecule has 1 aliphatic heterocycles. The van der Waals surface area contributed by atoms with Crippen molar-refractivity contribution in [3.63, 3.8) is 0 Å². The fourth-order valence-electron chi connectivity index (χ4n) is 2.24. The first-order valence-corrected chi connectivity index (χ1v) is 6.62. The summed E-state index contributed by atoms with van der Waals surface area (Å²) in [5.41, 5.74) is 1.69. The van der Waals surface area contributed by atoms with Crippen LogP contribution in [0.25, 0.3) is 0 Å². The monoisotopic (exact) mass is 272 g/mol. The average Bonchev–Trinajstić information content (AvgIpc) is 2.79. The molecule has 0 atom stereocenters. The summed E-state index contributed by atoms with van der Waals surface area (Å²) in [6.07, 6.45) is 3.06. The number of hydrogen-bond donors (Lipinski definition) is 0. The second-order valence-corrected chi connectivity index (χ2v) is 4.77. The number of hydrogen-bond acceptors (Lipinski definition) is 4. The number of nitrogens with zero attached hydrogens (tertiary/aromatic N) is 2. The average molecular weight is 272 g/mol. The van der Waals surface area contributed by atoms with Crippen molar-refractivity contribution < 1.29 is 14.3 Å². The lowest BCUT2D eigenvalue weighted by molar-refractivity contribution is 0.0983. The minimum absolute atomic E-state index is 0.110. The van der Waals surface area contributed by atoms with Crippen molar-refractivity contribution in [2.24, 2.45) is 0 Å². The van der Waals surface area contributed by atoms with Gasteiger partial charge >= 0.3 is 0 Å². The predicted octanol–water partition coefficient (Wildman–Crippen LogP) is 2.30. The number of Topliss-reactive ketones (excluding diaryl/α,β-unsaturated/α-hetero) is 1. The van der Waals surface area contributed by atoms with Crippen molar-refractivity contribution in [2.45, 2.75) is 19.4 Å². The molecule has 0 radical (unpaired) electrons. The normalized spacial score (nSPS) is 14.3. The van der Waals surface area contributed by atoms with Gasteiger partial charge in [-0.1, -0.05) is 12.1 Å². The molecule has 1 aromatic heterocycles. The van der Waals surface area contributed by atoms with Gasteiger partial charge in [0.1, 0.15) is 5.75 Å². The molecule has 1 aromatic carbocycles. The van der Waals surface area contributed by atoms with Crippen LogP contribution in [0.4, 0.5) is 0 Å². The molecule has 3 rings (SSSR count). The van der Waals surface area contributed by atoms with E-state index in [1.54, 1.807) is 18.0 Å². The minimum atomic E-state index is 0.110. The Labute approximate surface area is 117 Å². The number of aromatic nitrogens is 2. The summed E-state index contributed by atoms with van der Waals surface area (Å²) in [6, 6.07) is 7.78. The second kappa shape index (κ2) is 5.36. The Balaban J connectivity index is 1.81. The molecule has 0 saturated heterocycles. The van der Waals surface area contributed by atoms with Gasteiger partial charge in [-0.2, -0.15) is 0 Å². The number of fused-ring (bicyclic) bond motifs is 1. The van der Waals surface area contributed by atoms with Crippen LogP contribution in [0, 0.1) is 0 Å². The summed E-state index contributed by atoms with van der Waals surface area (Å²) in [4.78, 5) is 11.9. The maximum atomic E-state index is 11.9. The van der Waals surface area contributed by atoms with Crippen LogP contribution in [-0.2, 0) is 6.54 Å². The van der Waals surface area contributed by atoms with Crippen LogP contribution in [0.2, 0.25) is 0 Å². The molecule has 104 valence electrons. The molecule has 0 aliphatic carbocycles. The van der Waals surface area contributed by atoms with Crippen molar-refractivity contribution in [1.29, 1.82) is 0 Å². The van der Waals surface area contributed by atoms with Crippen LogP contribution in [0.1, 0.15) is 28.8 Å². The third-order valence-electron chi connectivity index (χ3n) is 3.32. The van der Waals surface area contributed by atoms with Gasteiger partial charge in [0.05, 0.1) is 25.8 Å². The highest BCUT2D eigenvalue weighted by Gasteiger charge is 2.20. The zero-order valence-electron chi connectivity index (χ0n) is 11.3. The topological polar surface area (TPSA) is 53.4 Å². The Morgan fingerprint density at radius 1 is 1.35 bits per heavy atom. The molecule has 2 heterocycles. The molecule has 2 aromatic rings. The zero-order chi connectivity index (χ0) is 13.9. The van der Waals surface area contributed by atoms with Crippen molar-refractivity contribution in [3.8, 4) is 11.6 Å². The summed E-state index contributed by atoms with van der Waals surface area (Å²) in [5, 5.41) is 4.34. The molecule has 0 unspecified atom stereocenters. The highest BCUT2D eigenvalue weighted by Crippen LogP contribution is 2.22. The highest BCUT2D eigenvalue weighted by molar-refractivity contribution is 5.98. The number of benzene rings is 1. The van der Waals surface area contributed by atoms with Crippen molar-refractivity contribution in [1.82, 2.24) is 9.78 Å². The third kappa shape index (κ3) is 2.52. The SMILES string of the molecule is COc1ccc(Cn2cc3c(n2)OCCCC3=O)cc1. The van der Waals surface area contributed by atoms with Gasteiger partial charge in [-0.3, -0.25) is 9.48 Å². The van der Waals surface area contributed by atoms with Gasteiger partial charge in [-0.05, 0) is 24.1 Å². The lowest BCUT2D eigenvalue weighted by Gasteiger charge is -2.04. The predicted molar refractivity (Wildman–Crippen MR) is 73.4 cm³/mol. The van der Waals surface area contributed by atoms with Gasteiger partial charge in [0, 0.05) is 12.6 Å². The molecule has 5 nitrogen and oxygen atoms in total. The lowest BCUT2D eigenvalue weighted by Crippen LogP contribution is -2.02. The molecule has 0 spiro atoms. The Morgan fingerprint density at radius 3 is 2.90 bits per heavy atom. The van der Waals surface area contributed by atoms with Gasteiger partial charge in [0.25, 0.3) is 0 Å². The van der Waals surface area contributed by atoms with Crippen LogP contribution in [0.15, 0.2) is 30.5 Å². The van der Waals surface area contributed by atoms with E-state index in [4.69, 9.17) is 9.47 Å². The Kier molecular flexibility index (Phi) is 3.41. The van der Waals surface area contributed by atoms with Crippen LogP contribution in [0.5, 0.6) is 11.6 Å². The van der Waals surface area contributed by atoms with Crippen molar-refractivity contribution in [2.75, 3.05) is 13.7 Å². The van der Waals surface area contributed by atoms with E-state index < -0.39 is 0 Å². The first-order valence-electron chi connectivity index (χ1n) is 6.62. The summed E-state index contributed by atoms with van der Waals surface area (Å²) in [5.74, 6) is 1.39. The molecule has 0 bridgehead atoms. The van der Waals surface area contributed by atoms with E-state index in [9.17, 15) is 4.79 Å². The van der Waals surface area contributed by atoms with Crippen LogP contribution in [-0.4, -0.2) is 29.3 Å². The van der Waals surface area contributed by atoms with Gasteiger partial charge in [0.15, 0.2) is 5.78 Å². The number of ketones is 1. The Hall–Kier alpha value is -2.30. The number of methoxy groups -OCH3 is 1. The Bertz CT molecular complexity index is 617. The standard InChI is InChI=1S/C15H16N2O3/c1-19-12-6-4-11(5-7-12)9-17-10-13-14(18)3-2-8-20-15(13)16-17/h4-7,10H,2-3,8-9H2,1H3. The summed E-state index contributed by atoms with van der Waals surface area (Å²) < 4.78 is 12.4. The van der Waals surface area contributed by atoms with E-state index in [2.05, 4.69) is 5.10 Å². The van der Waals surface area contributed by atoms with E-state index in [-0.39, 0.29) is 5.78 Å². The quantitative estimate of drug-likeness (QED) is 0.860. The van der Waals surface area contributed by atoms with Gasteiger partial charge in [-0.25, -0.2) is 0 Å². The van der Waals surface area contributed by atoms with Crippen LogP contribution < -0.4 is 9.47 Å². The maximum absolute atomic E-state index is 11.9. The third-order valence-corrected chi connectivity index (χ3v) is 3.32. The fraction of sp³-hybridized carbons (Fsp3) is 0.333. The number of carbonyl (C=O) groups is 1. The number of carbonyl (C=O) groups excluding carboxylic acids is 1. The van der Waals surface area contributed by atoms with E-state index >= 15 is 0 Å². The highest BCUT2D eigenvalue weighted by atomic mass is 16.5. The number of rotatable bonds is 3. The molecule has 0 N–H and O–H groups in total. The smallest absolute Gasteiger partial charge is 0.243 e. The van der Waals surface area contributed by atoms with E-state index in [1.807, 2.05) is 24.3 Å². The minimum Gasteiger partial charge on any atom is -0.497 e. The molecule has 20 heavy (non-hydrogen) atoms. The fourth-order valence-corrected chi connectivity index (χ4v) is 2.24. The first-order chi connectivity index (χ1) is 9.76. The molecule has 5 heteroatoms. The van der Waals surface area contributed by atoms with E-state index in [0.29, 0.717) is 31.0 Å². The molecule has 0 saturated carbocycles. The van der Waals surface area contributed by atoms with E-state index in [0.717, 1.165) is 17.7 Å². The summed E-state index contributed by atoms with van der Waals surface area (Å²) >= 11 is 0. The molecule has 1 aliphatic rings. The zero-order valence-corrected chi connectivity index (χ0v) is 11.3. The van der Waals surface area contributed by atoms with Crippen molar-refractivity contribution in [3.05, 3.63) is 41.6 Å². The van der Waals surface area contributed by atoms with Gasteiger partial charge in [-0.15, -0.1) is 5.10 Å². The van der Waals surface area contributed by atoms with Gasteiger partial charge < -0.3 is 9.47 Å².